The molecule has 2 fully saturated rings. The lowest BCUT2D eigenvalue weighted by molar-refractivity contribution is 0.163. The number of likely N-dealkylation sites (tertiary alicyclic amines) is 2. The van der Waals surface area contributed by atoms with E-state index in [2.05, 4.69) is 18.7 Å². The molecule has 2 heterocycles. The Morgan fingerprint density at radius 3 is 2.19 bits per heavy atom. The van der Waals surface area contributed by atoms with E-state index in [1.807, 2.05) is 4.90 Å². The van der Waals surface area contributed by atoms with Crippen LogP contribution >= 0.6 is 0 Å². The number of rotatable bonds is 2. The lowest BCUT2D eigenvalue weighted by atomic mass is 9.82. The van der Waals surface area contributed by atoms with Gasteiger partial charge in [-0.05, 0) is 37.5 Å². The van der Waals surface area contributed by atoms with Crippen LogP contribution in [0.4, 0.5) is 4.79 Å². The van der Waals surface area contributed by atoms with Crippen molar-refractivity contribution in [3.8, 4) is 0 Å². The first-order chi connectivity index (χ1) is 7.71. The summed E-state index contributed by atoms with van der Waals surface area (Å²) in [4.78, 5) is 16.3. The number of carbonyl (C=O) groups excluding carboxylic acids is 1. The van der Waals surface area contributed by atoms with Crippen LogP contribution in [0.1, 0.15) is 46.0 Å². The molecule has 0 aromatic rings. The first-order valence-electron chi connectivity index (χ1n) is 6.74. The van der Waals surface area contributed by atoms with Crippen LogP contribution in [0.2, 0.25) is 0 Å². The van der Waals surface area contributed by atoms with Gasteiger partial charge in [0.15, 0.2) is 0 Å². The lowest BCUT2D eigenvalue weighted by Crippen LogP contribution is -2.41. The van der Waals surface area contributed by atoms with Crippen molar-refractivity contribution in [3.63, 3.8) is 0 Å². The third-order valence-corrected chi connectivity index (χ3v) is 4.59. The molecule has 3 heteroatoms. The number of nitrogens with zero attached hydrogens (tertiary/aromatic N) is 2. The summed E-state index contributed by atoms with van der Waals surface area (Å²) in [7, 11) is 0. The zero-order valence-corrected chi connectivity index (χ0v) is 10.7. The summed E-state index contributed by atoms with van der Waals surface area (Å²) >= 11 is 0. The third kappa shape index (κ3) is 2.04. The number of urea groups is 1. The highest BCUT2D eigenvalue weighted by molar-refractivity contribution is 5.75. The molecule has 2 aliphatic heterocycles. The molecule has 0 saturated carbocycles. The van der Waals surface area contributed by atoms with Gasteiger partial charge < -0.3 is 9.80 Å². The summed E-state index contributed by atoms with van der Waals surface area (Å²) < 4.78 is 0. The molecule has 0 aromatic carbocycles. The Hall–Kier alpha value is -0.730. The molecule has 0 aliphatic carbocycles. The molecule has 16 heavy (non-hydrogen) atoms. The van der Waals surface area contributed by atoms with Crippen molar-refractivity contribution >= 4 is 6.03 Å². The normalized spacial score (nSPS) is 24.1. The second kappa shape index (κ2) is 4.64. The van der Waals surface area contributed by atoms with Gasteiger partial charge in [-0.2, -0.15) is 0 Å². The Kier molecular flexibility index (Phi) is 3.41. The molecular formula is C13H24N2O. The van der Waals surface area contributed by atoms with Gasteiger partial charge in [-0.25, -0.2) is 4.79 Å². The van der Waals surface area contributed by atoms with Gasteiger partial charge in [0.25, 0.3) is 0 Å². The van der Waals surface area contributed by atoms with Crippen LogP contribution < -0.4 is 0 Å². The van der Waals surface area contributed by atoms with E-state index in [0.717, 1.165) is 26.2 Å². The second-order valence-corrected chi connectivity index (χ2v) is 5.36. The Bertz CT molecular complexity index is 255. The van der Waals surface area contributed by atoms with E-state index in [1.54, 1.807) is 0 Å². The quantitative estimate of drug-likeness (QED) is 0.707. The molecule has 0 aromatic heterocycles. The summed E-state index contributed by atoms with van der Waals surface area (Å²) in [6.45, 7) is 8.41. The number of hydrogen-bond donors (Lipinski definition) is 0. The predicted molar refractivity (Wildman–Crippen MR) is 65.4 cm³/mol. The van der Waals surface area contributed by atoms with Gasteiger partial charge in [0, 0.05) is 26.2 Å². The molecule has 2 rings (SSSR count). The SMILES string of the molecule is CCC1(CC)CCN(C(=O)N2CCCC2)C1. The van der Waals surface area contributed by atoms with E-state index < -0.39 is 0 Å². The molecule has 0 spiro atoms. The van der Waals surface area contributed by atoms with Crippen molar-refractivity contribution in [1.82, 2.24) is 9.80 Å². The zero-order chi connectivity index (χ0) is 11.6. The summed E-state index contributed by atoms with van der Waals surface area (Å²) in [6, 6.07) is 0.293. The smallest absolute Gasteiger partial charge is 0.320 e. The van der Waals surface area contributed by atoms with Gasteiger partial charge in [0.05, 0.1) is 0 Å². The minimum absolute atomic E-state index is 0.293. The van der Waals surface area contributed by atoms with Crippen LogP contribution in [-0.4, -0.2) is 42.0 Å². The average Bonchev–Trinajstić information content (AvgIpc) is 2.98. The summed E-state index contributed by atoms with van der Waals surface area (Å²) in [5.74, 6) is 0. The van der Waals surface area contributed by atoms with Crippen molar-refractivity contribution in [2.24, 2.45) is 5.41 Å². The van der Waals surface area contributed by atoms with Gasteiger partial charge in [-0.1, -0.05) is 13.8 Å². The zero-order valence-electron chi connectivity index (χ0n) is 10.7. The van der Waals surface area contributed by atoms with E-state index in [1.165, 1.54) is 32.1 Å². The molecule has 2 aliphatic rings. The highest BCUT2D eigenvalue weighted by Crippen LogP contribution is 2.37. The fraction of sp³-hybridized carbons (Fsp3) is 0.923. The van der Waals surface area contributed by atoms with Crippen molar-refractivity contribution < 1.29 is 4.79 Å². The molecule has 0 unspecified atom stereocenters. The Balaban J connectivity index is 1.94. The van der Waals surface area contributed by atoms with Crippen LogP contribution in [0.3, 0.4) is 0 Å². The molecule has 0 atom stereocenters. The van der Waals surface area contributed by atoms with Crippen LogP contribution in [0, 0.1) is 5.41 Å². The second-order valence-electron chi connectivity index (χ2n) is 5.36. The van der Waals surface area contributed by atoms with Gasteiger partial charge in [-0.15, -0.1) is 0 Å². The van der Waals surface area contributed by atoms with Crippen LogP contribution in [0.15, 0.2) is 0 Å². The molecule has 0 radical (unpaired) electrons. The molecule has 0 bridgehead atoms. The average molecular weight is 224 g/mol. The Morgan fingerprint density at radius 2 is 1.69 bits per heavy atom. The van der Waals surface area contributed by atoms with E-state index >= 15 is 0 Å². The minimum Gasteiger partial charge on any atom is -0.325 e. The van der Waals surface area contributed by atoms with Gasteiger partial charge in [-0.3, -0.25) is 0 Å². The predicted octanol–water partition coefficient (Wildman–Crippen LogP) is 2.71. The lowest BCUT2D eigenvalue weighted by Gasteiger charge is -2.28. The molecule has 92 valence electrons. The van der Waals surface area contributed by atoms with Crippen molar-refractivity contribution in [3.05, 3.63) is 0 Å². The molecule has 3 nitrogen and oxygen atoms in total. The molecule has 2 amide bonds. The Morgan fingerprint density at radius 1 is 1.06 bits per heavy atom. The Labute approximate surface area is 98.8 Å². The van der Waals surface area contributed by atoms with Gasteiger partial charge in [0.2, 0.25) is 0 Å². The largest absolute Gasteiger partial charge is 0.325 e. The highest BCUT2D eigenvalue weighted by atomic mass is 16.2. The van der Waals surface area contributed by atoms with E-state index in [0.29, 0.717) is 11.4 Å². The maximum atomic E-state index is 12.2. The van der Waals surface area contributed by atoms with E-state index in [-0.39, 0.29) is 0 Å². The summed E-state index contributed by atoms with van der Waals surface area (Å²) in [5.41, 5.74) is 0.412. The maximum Gasteiger partial charge on any atom is 0.320 e. The first-order valence-corrected chi connectivity index (χ1v) is 6.74. The van der Waals surface area contributed by atoms with Crippen LogP contribution in [-0.2, 0) is 0 Å². The van der Waals surface area contributed by atoms with Crippen LogP contribution in [0.5, 0.6) is 0 Å². The maximum absolute atomic E-state index is 12.2. The van der Waals surface area contributed by atoms with Gasteiger partial charge in [0.1, 0.15) is 0 Å². The topological polar surface area (TPSA) is 23.6 Å². The van der Waals surface area contributed by atoms with Crippen molar-refractivity contribution in [2.75, 3.05) is 26.2 Å². The number of carbonyl (C=O) groups is 1. The van der Waals surface area contributed by atoms with E-state index in [4.69, 9.17) is 0 Å². The monoisotopic (exact) mass is 224 g/mol. The molecule has 2 saturated heterocycles. The minimum atomic E-state index is 0.293. The highest BCUT2D eigenvalue weighted by Gasteiger charge is 2.38. The summed E-state index contributed by atoms with van der Waals surface area (Å²) in [6.07, 6.45) is 5.97. The molecule has 0 N–H and O–H groups in total. The molecular weight excluding hydrogens is 200 g/mol. The summed E-state index contributed by atoms with van der Waals surface area (Å²) in [5, 5.41) is 0. The van der Waals surface area contributed by atoms with E-state index in [9.17, 15) is 4.79 Å². The first kappa shape index (κ1) is 11.7. The number of amides is 2. The standard InChI is InChI=1S/C13H24N2O/c1-3-13(4-2)7-10-15(11-13)12(16)14-8-5-6-9-14/h3-11H2,1-2H3. The third-order valence-electron chi connectivity index (χ3n) is 4.59. The fourth-order valence-corrected chi connectivity index (χ4v) is 3.03. The van der Waals surface area contributed by atoms with Gasteiger partial charge >= 0.3 is 6.03 Å². The van der Waals surface area contributed by atoms with Crippen LogP contribution in [0.25, 0.3) is 0 Å². The van der Waals surface area contributed by atoms with Crippen molar-refractivity contribution in [2.45, 2.75) is 46.0 Å². The fourth-order valence-electron chi connectivity index (χ4n) is 3.03. The number of hydrogen-bond acceptors (Lipinski definition) is 1. The van der Waals surface area contributed by atoms with Crippen molar-refractivity contribution in [1.29, 1.82) is 0 Å².